The van der Waals surface area contributed by atoms with Crippen molar-refractivity contribution in [1.29, 1.82) is 0 Å². The maximum absolute atomic E-state index is 13.2. The number of Topliss-reactive ketones (excluding diaryl/α,β-unsaturated/α-hetero) is 1. The van der Waals surface area contributed by atoms with E-state index in [0.29, 0.717) is 25.3 Å². The average Bonchev–Trinajstić information content (AvgIpc) is 3.47. The molecule has 1 aliphatic carbocycles. The highest BCUT2D eigenvalue weighted by molar-refractivity contribution is 6.35. The summed E-state index contributed by atoms with van der Waals surface area (Å²) in [5.41, 5.74) is 5.04. The summed E-state index contributed by atoms with van der Waals surface area (Å²) in [6.45, 7) is 13.9. The number of carbonyl (C=O) groups is 6. The van der Waals surface area contributed by atoms with E-state index in [1.807, 2.05) is 51.1 Å². The summed E-state index contributed by atoms with van der Waals surface area (Å²) >= 11 is 0. The van der Waals surface area contributed by atoms with Crippen molar-refractivity contribution in [2.24, 2.45) is 23.0 Å². The van der Waals surface area contributed by atoms with Crippen LogP contribution in [0.4, 0.5) is 4.79 Å². The van der Waals surface area contributed by atoms with E-state index >= 15 is 0 Å². The molecule has 0 radical (unpaired) electrons. The van der Waals surface area contributed by atoms with Crippen molar-refractivity contribution in [2.75, 3.05) is 20.1 Å². The van der Waals surface area contributed by atoms with Gasteiger partial charge < -0.3 is 31.3 Å². The van der Waals surface area contributed by atoms with E-state index in [1.54, 1.807) is 6.92 Å². The Kier molecular flexibility index (Phi) is 17.7. The molecule has 1 saturated carbocycles. The lowest BCUT2D eigenvalue weighted by atomic mass is 9.82. The predicted molar refractivity (Wildman–Crippen MR) is 181 cm³/mol. The van der Waals surface area contributed by atoms with E-state index < -0.39 is 47.3 Å². The van der Waals surface area contributed by atoms with Crippen LogP contribution in [0.15, 0.2) is 30.3 Å². The third-order valence-corrected chi connectivity index (χ3v) is 7.72. The number of nitrogens with one attached hydrogen (secondary N) is 3. The summed E-state index contributed by atoms with van der Waals surface area (Å²) in [6.07, 6.45) is 5.75. The van der Waals surface area contributed by atoms with Crippen molar-refractivity contribution in [3.63, 3.8) is 0 Å². The van der Waals surface area contributed by atoms with Gasteiger partial charge in [0.1, 0.15) is 24.7 Å². The molecule has 1 saturated heterocycles. The van der Waals surface area contributed by atoms with Crippen LogP contribution in [0.2, 0.25) is 0 Å². The molecule has 5 N–H and O–H groups in total. The molecule has 47 heavy (non-hydrogen) atoms. The number of nitrogens with two attached hydrogens (primary N) is 1. The van der Waals surface area contributed by atoms with E-state index in [9.17, 15) is 28.8 Å². The summed E-state index contributed by atoms with van der Waals surface area (Å²) in [5, 5.41) is 7.71. The van der Waals surface area contributed by atoms with E-state index in [-0.39, 0.29) is 18.4 Å². The van der Waals surface area contributed by atoms with Gasteiger partial charge in [0.15, 0.2) is 0 Å². The predicted octanol–water partition coefficient (Wildman–Crippen LogP) is 4.03. The first-order chi connectivity index (χ1) is 22.0. The SMILES string of the molecule is CC(C)C.CNC(=O)C1CCCN1C(=O)C(NC(=O)NCC(=O)OC(C)c1ccccc1)C(C)(C)C.NC(=O)C(=O)CCC1CCC1. The van der Waals surface area contributed by atoms with Gasteiger partial charge in [-0.05, 0) is 49.0 Å². The molecule has 1 heterocycles. The first kappa shape index (κ1) is 41.1. The van der Waals surface area contributed by atoms with Gasteiger partial charge in [0.2, 0.25) is 17.6 Å². The highest BCUT2D eigenvalue weighted by atomic mass is 16.5. The van der Waals surface area contributed by atoms with Crippen molar-refractivity contribution in [1.82, 2.24) is 20.9 Å². The minimum absolute atomic E-state index is 0.219. The number of nitrogens with zero attached hydrogens (tertiary/aromatic N) is 1. The van der Waals surface area contributed by atoms with Gasteiger partial charge in [0.25, 0.3) is 5.91 Å². The largest absolute Gasteiger partial charge is 0.456 e. The van der Waals surface area contributed by atoms with Gasteiger partial charge >= 0.3 is 12.0 Å². The molecule has 1 aliphatic heterocycles. The highest BCUT2D eigenvalue weighted by Gasteiger charge is 2.41. The molecule has 0 bridgehead atoms. The Balaban J connectivity index is 0.000000605. The Morgan fingerprint density at radius 1 is 0.957 bits per heavy atom. The summed E-state index contributed by atoms with van der Waals surface area (Å²) in [6, 6.07) is 7.20. The van der Waals surface area contributed by atoms with Gasteiger partial charge in [0.05, 0.1) is 0 Å². The summed E-state index contributed by atoms with van der Waals surface area (Å²) < 4.78 is 5.34. The first-order valence-electron chi connectivity index (χ1n) is 16.6. The van der Waals surface area contributed by atoms with Gasteiger partial charge in [-0.2, -0.15) is 0 Å². The molecule has 0 aromatic heterocycles. The zero-order valence-electron chi connectivity index (χ0n) is 29.5. The lowest BCUT2D eigenvalue weighted by Gasteiger charge is -2.35. The second kappa shape index (κ2) is 20.3. The number of benzene rings is 1. The Bertz CT molecular complexity index is 1180. The first-order valence-corrected chi connectivity index (χ1v) is 16.6. The smallest absolute Gasteiger partial charge is 0.326 e. The maximum Gasteiger partial charge on any atom is 0.326 e. The van der Waals surface area contributed by atoms with Crippen molar-refractivity contribution < 1.29 is 33.5 Å². The number of ether oxygens (including phenoxy) is 1. The molecule has 264 valence electrons. The van der Waals surface area contributed by atoms with Crippen molar-refractivity contribution in [3.05, 3.63) is 35.9 Å². The minimum atomic E-state index is -0.869. The van der Waals surface area contributed by atoms with Crippen LogP contribution in [0.5, 0.6) is 0 Å². The van der Waals surface area contributed by atoms with E-state index in [1.165, 1.54) is 31.2 Å². The van der Waals surface area contributed by atoms with Gasteiger partial charge in [-0.25, -0.2) is 4.79 Å². The topological polar surface area (TPSA) is 177 Å². The average molecular weight is 660 g/mol. The molecule has 12 nitrogen and oxygen atoms in total. The molecular formula is C35H57N5O7. The van der Waals surface area contributed by atoms with Gasteiger partial charge in [-0.15, -0.1) is 0 Å². The summed E-state index contributed by atoms with van der Waals surface area (Å²) in [7, 11) is 1.54. The number of primary amides is 1. The normalized spacial score (nSPS) is 17.0. The van der Waals surface area contributed by atoms with Crippen LogP contribution in [0, 0.1) is 17.3 Å². The Morgan fingerprint density at radius 2 is 1.55 bits per heavy atom. The zero-order chi connectivity index (χ0) is 35.7. The van der Waals surface area contributed by atoms with Crippen LogP contribution in [0.25, 0.3) is 0 Å². The van der Waals surface area contributed by atoms with Crippen LogP contribution < -0.4 is 21.7 Å². The molecule has 3 atom stereocenters. The van der Waals surface area contributed by atoms with Gasteiger partial charge in [0, 0.05) is 20.0 Å². The number of amides is 5. The van der Waals surface area contributed by atoms with E-state index in [4.69, 9.17) is 10.5 Å². The van der Waals surface area contributed by atoms with Crippen LogP contribution in [-0.2, 0) is 28.7 Å². The van der Waals surface area contributed by atoms with Gasteiger partial charge in [-0.1, -0.05) is 91.1 Å². The number of ketones is 1. The summed E-state index contributed by atoms with van der Waals surface area (Å²) in [4.78, 5) is 72.5. The fourth-order valence-corrected chi connectivity index (χ4v) is 4.89. The maximum atomic E-state index is 13.2. The van der Waals surface area contributed by atoms with Crippen LogP contribution >= 0.6 is 0 Å². The second-order valence-electron chi connectivity index (χ2n) is 13.8. The fraction of sp³-hybridized carbons (Fsp3) is 0.657. The molecule has 2 aliphatic rings. The fourth-order valence-electron chi connectivity index (χ4n) is 4.89. The molecule has 12 heteroatoms. The zero-order valence-corrected chi connectivity index (χ0v) is 29.5. The number of likely N-dealkylation sites (N-methyl/N-ethyl adjacent to an activating group) is 1. The quantitative estimate of drug-likeness (QED) is 0.205. The van der Waals surface area contributed by atoms with Crippen molar-refractivity contribution in [2.45, 2.75) is 112 Å². The van der Waals surface area contributed by atoms with E-state index in [2.05, 4.69) is 36.7 Å². The molecular weight excluding hydrogens is 602 g/mol. The summed E-state index contributed by atoms with van der Waals surface area (Å²) in [5.74, 6) is -0.823. The Morgan fingerprint density at radius 3 is 2.04 bits per heavy atom. The lowest BCUT2D eigenvalue weighted by Crippen LogP contribution is -2.59. The van der Waals surface area contributed by atoms with Crippen LogP contribution in [0.3, 0.4) is 0 Å². The highest BCUT2D eigenvalue weighted by Crippen LogP contribution is 2.30. The minimum Gasteiger partial charge on any atom is -0.456 e. The van der Waals surface area contributed by atoms with Crippen LogP contribution in [-0.4, -0.2) is 72.6 Å². The lowest BCUT2D eigenvalue weighted by molar-refractivity contribution is -0.147. The van der Waals surface area contributed by atoms with Gasteiger partial charge in [-0.3, -0.25) is 24.0 Å². The number of hydrogen-bond donors (Lipinski definition) is 4. The number of rotatable bonds is 11. The molecule has 1 aromatic rings. The van der Waals surface area contributed by atoms with Crippen LogP contribution in [0.1, 0.15) is 105 Å². The molecule has 3 unspecified atom stereocenters. The Labute approximate surface area is 280 Å². The number of carbonyl (C=O) groups excluding carboxylic acids is 6. The third-order valence-electron chi connectivity index (χ3n) is 7.72. The number of esters is 1. The Hall–Kier alpha value is -3.96. The monoisotopic (exact) mass is 659 g/mol. The molecule has 1 aromatic carbocycles. The molecule has 0 spiro atoms. The van der Waals surface area contributed by atoms with Crippen molar-refractivity contribution >= 4 is 35.5 Å². The third kappa shape index (κ3) is 15.5. The second-order valence-corrected chi connectivity index (χ2v) is 13.8. The number of urea groups is 1. The molecule has 5 amide bonds. The van der Waals surface area contributed by atoms with Crippen molar-refractivity contribution in [3.8, 4) is 0 Å². The number of hydrogen-bond acceptors (Lipinski definition) is 7. The standard InChI is InChI=1S/C23H34N4O5.C8H13NO2.C4H10/c1-15(16-10-7-6-8-11-16)32-18(28)14-25-22(31)26-19(23(2,3)4)21(30)27-13-9-12-17(27)20(29)24-5;9-8(11)7(10)5-4-6-2-1-3-6;1-4(2)3/h6-8,10-11,15,17,19H,9,12-14H2,1-5H3,(H,24,29)(H2,25,26,31);6H,1-5H2,(H2,9,11);4H,1-3H3. The van der Waals surface area contributed by atoms with E-state index in [0.717, 1.165) is 24.3 Å². The molecule has 3 rings (SSSR count). The number of likely N-dealkylation sites (tertiary alicyclic amines) is 1. The molecule has 2 fully saturated rings.